The van der Waals surface area contributed by atoms with Crippen molar-refractivity contribution < 1.29 is 23.8 Å². The molecule has 1 aromatic carbocycles. The quantitative estimate of drug-likeness (QED) is 0.647. The fourth-order valence-corrected chi connectivity index (χ4v) is 3.60. The van der Waals surface area contributed by atoms with Gasteiger partial charge in [-0.3, -0.25) is 9.59 Å². The van der Waals surface area contributed by atoms with Gasteiger partial charge in [-0.1, -0.05) is 11.6 Å². The maximum Gasteiger partial charge on any atom is 0.268 e. The van der Waals surface area contributed by atoms with Crippen LogP contribution in [-0.4, -0.2) is 47.2 Å². The Kier molecular flexibility index (Phi) is 5.01. The van der Waals surface area contributed by atoms with E-state index in [-0.39, 0.29) is 24.5 Å². The van der Waals surface area contributed by atoms with Crippen molar-refractivity contribution in [1.82, 2.24) is 10.3 Å². The van der Waals surface area contributed by atoms with Crippen LogP contribution in [0.4, 0.5) is 15.9 Å². The summed E-state index contributed by atoms with van der Waals surface area (Å²) >= 11 is 5.80. The van der Waals surface area contributed by atoms with Crippen molar-refractivity contribution in [1.29, 1.82) is 0 Å². The summed E-state index contributed by atoms with van der Waals surface area (Å²) < 4.78 is 18.9. The molecule has 2 aromatic rings. The molecule has 1 aromatic heterocycles. The molecule has 8 nitrogen and oxygen atoms in total. The van der Waals surface area contributed by atoms with Crippen molar-refractivity contribution in [2.45, 2.75) is 18.6 Å². The van der Waals surface area contributed by atoms with Crippen molar-refractivity contribution in [2.75, 3.05) is 29.9 Å². The Hall–Kier alpha value is -2.91. The van der Waals surface area contributed by atoms with Crippen LogP contribution in [0.25, 0.3) is 0 Å². The van der Waals surface area contributed by atoms with Gasteiger partial charge in [0.05, 0.1) is 18.4 Å². The van der Waals surface area contributed by atoms with E-state index >= 15 is 0 Å². The molecule has 1 saturated heterocycles. The molecule has 2 aliphatic heterocycles. The zero-order chi connectivity index (χ0) is 20.6. The largest absolute Gasteiger partial charge is 0.488 e. The van der Waals surface area contributed by atoms with Crippen molar-refractivity contribution in [3.05, 3.63) is 46.9 Å². The molecular weight excluding hydrogens is 403 g/mol. The Bertz CT molecular complexity index is 968. The van der Waals surface area contributed by atoms with Gasteiger partial charge in [-0.25, -0.2) is 9.37 Å². The number of pyridine rings is 1. The zero-order valence-electron chi connectivity index (χ0n) is 15.2. The van der Waals surface area contributed by atoms with Gasteiger partial charge in [0.25, 0.3) is 11.8 Å². The number of hydrogen-bond acceptors (Lipinski definition) is 6. The Morgan fingerprint density at radius 3 is 3.03 bits per heavy atom. The summed E-state index contributed by atoms with van der Waals surface area (Å²) in [6, 6.07) is 5.49. The van der Waals surface area contributed by atoms with Gasteiger partial charge in [0.15, 0.2) is 11.6 Å². The highest BCUT2D eigenvalue weighted by atomic mass is 35.5. The minimum Gasteiger partial charge on any atom is -0.488 e. The summed E-state index contributed by atoms with van der Waals surface area (Å²) in [4.78, 5) is 30.9. The van der Waals surface area contributed by atoms with Crippen molar-refractivity contribution in [2.24, 2.45) is 0 Å². The van der Waals surface area contributed by atoms with Gasteiger partial charge in [0.2, 0.25) is 5.60 Å². The number of ether oxygens (including phenoxy) is 1. The van der Waals surface area contributed by atoms with Crippen molar-refractivity contribution in [3.8, 4) is 5.75 Å². The molecular formula is C19H18ClFN4O4. The Morgan fingerprint density at radius 2 is 2.24 bits per heavy atom. The van der Waals surface area contributed by atoms with E-state index in [2.05, 4.69) is 15.6 Å². The summed E-state index contributed by atoms with van der Waals surface area (Å²) in [5, 5.41) is 16.5. The molecule has 152 valence electrons. The number of fused-ring (bicyclic) bond motifs is 1. The number of carbonyl (C=O) groups is 2. The van der Waals surface area contributed by atoms with Crippen LogP contribution in [0.1, 0.15) is 12.0 Å². The van der Waals surface area contributed by atoms with E-state index in [1.54, 1.807) is 6.07 Å². The number of aliphatic hydroxyl groups is 1. The predicted octanol–water partition coefficient (Wildman–Crippen LogP) is 1.46. The summed E-state index contributed by atoms with van der Waals surface area (Å²) in [5.41, 5.74) is -1.37. The van der Waals surface area contributed by atoms with E-state index < -0.39 is 23.2 Å². The molecule has 0 radical (unpaired) electrons. The van der Waals surface area contributed by atoms with Crippen LogP contribution in [0, 0.1) is 5.82 Å². The second-order valence-corrected chi connectivity index (χ2v) is 7.28. The molecule has 1 fully saturated rings. The lowest BCUT2D eigenvalue weighted by molar-refractivity contribution is -0.149. The summed E-state index contributed by atoms with van der Waals surface area (Å²) in [6.45, 7) is 1.18. The van der Waals surface area contributed by atoms with Gasteiger partial charge in [-0.15, -0.1) is 0 Å². The SMILES string of the molecule is O=C(NCc1cc(F)cc(Cl)c1)C1(O)CCN(c2cnc3c(c2)OCCN3)C1=O. The molecule has 4 rings (SSSR count). The van der Waals surface area contributed by atoms with Gasteiger partial charge >= 0.3 is 0 Å². The highest BCUT2D eigenvalue weighted by Crippen LogP contribution is 2.33. The van der Waals surface area contributed by atoms with Crippen molar-refractivity contribution >= 4 is 34.9 Å². The standard InChI is InChI=1S/C19H18ClFN4O4/c20-12-5-11(6-13(21)7-12)9-24-17(26)19(28)1-3-25(18(19)27)14-8-15-16(23-10-14)22-2-4-29-15/h5-8,10,28H,1-4,9H2,(H,22,23)(H,24,26). The number of nitrogens with zero attached hydrogens (tertiary/aromatic N) is 2. The molecule has 1 atom stereocenters. The number of carbonyl (C=O) groups excluding carboxylic acids is 2. The molecule has 2 aliphatic rings. The molecule has 10 heteroatoms. The average molecular weight is 421 g/mol. The van der Waals surface area contributed by atoms with Crippen LogP contribution in [0.2, 0.25) is 5.02 Å². The number of nitrogens with one attached hydrogen (secondary N) is 2. The Balaban J connectivity index is 1.47. The second kappa shape index (κ2) is 7.49. The van der Waals surface area contributed by atoms with Crippen LogP contribution in [0.3, 0.4) is 0 Å². The van der Waals surface area contributed by atoms with Crippen LogP contribution in [0.15, 0.2) is 30.5 Å². The highest BCUT2D eigenvalue weighted by Gasteiger charge is 2.51. The average Bonchev–Trinajstić information content (AvgIpc) is 3.01. The van der Waals surface area contributed by atoms with Crippen LogP contribution in [-0.2, 0) is 16.1 Å². The molecule has 0 saturated carbocycles. The zero-order valence-corrected chi connectivity index (χ0v) is 16.0. The molecule has 3 N–H and O–H groups in total. The third-order valence-corrected chi connectivity index (χ3v) is 5.07. The first kappa shape index (κ1) is 19.4. The monoisotopic (exact) mass is 420 g/mol. The van der Waals surface area contributed by atoms with E-state index in [4.69, 9.17) is 16.3 Å². The lowest BCUT2D eigenvalue weighted by Gasteiger charge is -2.23. The number of benzene rings is 1. The van der Waals surface area contributed by atoms with E-state index in [1.807, 2.05) is 0 Å². The lowest BCUT2D eigenvalue weighted by Crippen LogP contribution is -2.52. The topological polar surface area (TPSA) is 104 Å². The molecule has 0 spiro atoms. The van der Waals surface area contributed by atoms with Crippen LogP contribution >= 0.6 is 11.6 Å². The molecule has 3 heterocycles. The smallest absolute Gasteiger partial charge is 0.268 e. The summed E-state index contributed by atoms with van der Waals surface area (Å²) in [7, 11) is 0. The van der Waals surface area contributed by atoms with E-state index in [9.17, 15) is 19.1 Å². The van der Waals surface area contributed by atoms with E-state index in [1.165, 1.54) is 23.2 Å². The maximum atomic E-state index is 13.4. The molecule has 0 aliphatic carbocycles. The highest BCUT2D eigenvalue weighted by molar-refractivity contribution is 6.30. The number of anilines is 2. The molecule has 2 amide bonds. The van der Waals surface area contributed by atoms with Crippen molar-refractivity contribution in [3.63, 3.8) is 0 Å². The first-order valence-electron chi connectivity index (χ1n) is 9.01. The Morgan fingerprint density at radius 1 is 1.41 bits per heavy atom. The molecule has 0 bridgehead atoms. The number of halogens is 2. The van der Waals surface area contributed by atoms with Crippen LogP contribution < -0.4 is 20.3 Å². The van der Waals surface area contributed by atoms with Gasteiger partial charge < -0.3 is 25.4 Å². The summed E-state index contributed by atoms with van der Waals surface area (Å²) in [6.07, 6.45) is 1.40. The number of hydrogen-bond donors (Lipinski definition) is 3. The first-order valence-corrected chi connectivity index (χ1v) is 9.39. The van der Waals surface area contributed by atoms with Gasteiger partial charge in [0.1, 0.15) is 12.4 Å². The fourth-order valence-electron chi connectivity index (χ4n) is 3.36. The number of amides is 2. The summed E-state index contributed by atoms with van der Waals surface area (Å²) in [5.74, 6) is -1.06. The van der Waals surface area contributed by atoms with Crippen LogP contribution in [0.5, 0.6) is 5.75 Å². The normalized spacial score (nSPS) is 20.7. The Labute approximate surface area is 170 Å². The maximum absolute atomic E-state index is 13.4. The predicted molar refractivity (Wildman–Crippen MR) is 103 cm³/mol. The third kappa shape index (κ3) is 3.70. The minimum absolute atomic E-state index is 0.0776. The number of aromatic nitrogens is 1. The van der Waals surface area contributed by atoms with Gasteiger partial charge in [-0.2, -0.15) is 0 Å². The first-order chi connectivity index (χ1) is 13.9. The number of rotatable bonds is 4. The second-order valence-electron chi connectivity index (χ2n) is 6.84. The molecule has 29 heavy (non-hydrogen) atoms. The van der Waals surface area contributed by atoms with Gasteiger partial charge in [0, 0.05) is 30.6 Å². The minimum atomic E-state index is -2.22. The molecule has 1 unspecified atom stereocenters. The van der Waals surface area contributed by atoms with Gasteiger partial charge in [-0.05, 0) is 23.8 Å². The third-order valence-electron chi connectivity index (χ3n) is 4.85. The van der Waals surface area contributed by atoms with E-state index in [0.717, 1.165) is 6.07 Å². The lowest BCUT2D eigenvalue weighted by atomic mass is 10.0. The van der Waals surface area contributed by atoms with E-state index in [0.29, 0.717) is 36.0 Å². The fraction of sp³-hybridized carbons (Fsp3) is 0.316.